The molecule has 0 saturated heterocycles. The van der Waals surface area contributed by atoms with E-state index in [9.17, 15) is 0 Å². The maximum Gasteiger partial charge on any atom is 0.316 e. The first-order valence-corrected chi connectivity index (χ1v) is 4.44. The molecule has 0 radical (unpaired) electrons. The van der Waals surface area contributed by atoms with Crippen LogP contribution in [0.3, 0.4) is 0 Å². The molecule has 12 heavy (non-hydrogen) atoms. The van der Waals surface area contributed by atoms with Crippen LogP contribution in [-0.2, 0) is 15.0 Å². The first kappa shape index (κ1) is 23.7. The van der Waals surface area contributed by atoms with E-state index in [1.807, 2.05) is 0 Å². The quantitative estimate of drug-likeness (QED) is 0.172. The SMILES string of the molecule is O=P(O)(O)O.O=S(=O)(O)O.[CaH2].[MgH2]. The Morgan fingerprint density at radius 2 is 1.00 bits per heavy atom. The van der Waals surface area contributed by atoms with E-state index >= 15 is 0 Å². The van der Waals surface area contributed by atoms with Gasteiger partial charge in [-0.25, -0.2) is 4.57 Å². The van der Waals surface area contributed by atoms with Crippen LogP contribution in [0.5, 0.6) is 0 Å². The van der Waals surface area contributed by atoms with Gasteiger partial charge in [-0.15, -0.1) is 0 Å². The normalized spacial score (nSPS) is 9.75. The summed E-state index contributed by atoms with van der Waals surface area (Å²) in [6.07, 6.45) is 0. The molecule has 0 aliphatic carbocycles. The summed E-state index contributed by atoms with van der Waals surface area (Å²) in [6.45, 7) is 0. The van der Waals surface area contributed by atoms with Crippen molar-refractivity contribution in [1.29, 1.82) is 0 Å². The van der Waals surface area contributed by atoms with Gasteiger partial charge in [0.2, 0.25) is 0 Å². The molecular weight excluding hydrogens is 255 g/mol. The summed E-state index contributed by atoms with van der Waals surface area (Å²) >= 11 is 0. The first-order chi connectivity index (χ1) is 4.00. The van der Waals surface area contributed by atoms with Gasteiger partial charge in [-0.05, 0) is 0 Å². The Hall–Kier alpha value is 2.01. The number of hydrogen-bond acceptors (Lipinski definition) is 3. The molecule has 0 aromatic rings. The van der Waals surface area contributed by atoms with Crippen molar-refractivity contribution in [2.75, 3.05) is 0 Å². The van der Waals surface area contributed by atoms with Gasteiger partial charge in [-0.1, -0.05) is 0 Å². The summed E-state index contributed by atoms with van der Waals surface area (Å²) in [4.78, 5) is 21.6. The molecule has 0 spiro atoms. The van der Waals surface area contributed by atoms with Crippen LogP contribution in [0.1, 0.15) is 0 Å². The maximum absolute atomic E-state index is 8.88. The monoisotopic (exact) mass is 264 g/mol. The van der Waals surface area contributed by atoms with Crippen LogP contribution in [0.2, 0.25) is 0 Å². The average Bonchev–Trinajstić information content (AvgIpc) is 1.12. The third kappa shape index (κ3) is 361. The van der Waals surface area contributed by atoms with E-state index in [1.54, 1.807) is 0 Å². The van der Waals surface area contributed by atoms with Crippen molar-refractivity contribution in [2.24, 2.45) is 0 Å². The Kier molecular flexibility index (Phi) is 18.8. The van der Waals surface area contributed by atoms with Gasteiger partial charge in [0.1, 0.15) is 0 Å². The minimum absolute atomic E-state index is 0. The number of phosphoric acid groups is 1. The fourth-order valence-corrected chi connectivity index (χ4v) is 0. The molecule has 0 aromatic heterocycles. The summed E-state index contributed by atoms with van der Waals surface area (Å²) in [5.41, 5.74) is 0. The van der Waals surface area contributed by atoms with E-state index in [4.69, 9.17) is 36.8 Å². The molecule has 0 aliphatic rings. The molecule has 12 heteroatoms. The van der Waals surface area contributed by atoms with Crippen molar-refractivity contribution >= 4 is 79.0 Å². The van der Waals surface area contributed by atoms with Gasteiger partial charge in [0.05, 0.1) is 0 Å². The zero-order chi connectivity index (χ0) is 9.00. The van der Waals surface area contributed by atoms with E-state index in [1.165, 1.54) is 0 Å². The van der Waals surface area contributed by atoms with Gasteiger partial charge in [0, 0.05) is 0 Å². The zero-order valence-electron chi connectivity index (χ0n) is 4.32. The van der Waals surface area contributed by atoms with Crippen molar-refractivity contribution in [3.05, 3.63) is 0 Å². The second-order valence-corrected chi connectivity index (χ2v) is 2.88. The van der Waals surface area contributed by atoms with Crippen LogP contribution in [0.25, 0.3) is 0 Å². The Balaban J connectivity index is -0.0000000457. The van der Waals surface area contributed by atoms with Gasteiger partial charge in [0.25, 0.3) is 0 Å². The molecule has 0 amide bonds. The minimum Gasteiger partial charge on any atom is 0.316 e. The second kappa shape index (κ2) is 9.56. The van der Waals surface area contributed by atoms with E-state index < -0.39 is 18.2 Å². The van der Waals surface area contributed by atoms with Crippen LogP contribution in [0.4, 0.5) is 0 Å². The van der Waals surface area contributed by atoms with E-state index in [2.05, 4.69) is 0 Å². The maximum atomic E-state index is 8.88. The summed E-state index contributed by atoms with van der Waals surface area (Å²) in [6, 6.07) is 0. The Morgan fingerprint density at radius 1 is 1.00 bits per heavy atom. The zero-order valence-corrected chi connectivity index (χ0v) is 6.03. The van der Waals surface area contributed by atoms with Gasteiger partial charge < -0.3 is 14.7 Å². The summed E-state index contributed by atoms with van der Waals surface area (Å²) in [7, 11) is -9.31. The first-order valence-electron chi connectivity index (χ1n) is 1.48. The smallest absolute Gasteiger partial charge is 0.316 e. The molecule has 0 atom stereocenters. The second-order valence-electron chi connectivity index (χ2n) is 0.961. The Labute approximate surface area is 114 Å². The summed E-state index contributed by atoms with van der Waals surface area (Å²) in [5, 5.41) is 0. The van der Waals surface area contributed by atoms with E-state index in [0.29, 0.717) is 0 Å². The molecule has 0 aliphatic heterocycles. The van der Waals surface area contributed by atoms with Gasteiger partial charge >= 0.3 is 79.0 Å². The van der Waals surface area contributed by atoms with Crippen molar-refractivity contribution in [1.82, 2.24) is 0 Å². The molecular formula is H9CaMgO8PS. The fourth-order valence-electron chi connectivity index (χ4n) is 0. The Morgan fingerprint density at radius 3 is 1.00 bits per heavy atom. The van der Waals surface area contributed by atoms with Gasteiger partial charge in [-0.2, -0.15) is 8.42 Å². The van der Waals surface area contributed by atoms with Gasteiger partial charge in [-0.3, -0.25) is 9.11 Å². The number of hydrogen-bond donors (Lipinski definition) is 5. The Bertz CT molecular complexity index is 197. The molecule has 5 N–H and O–H groups in total. The standard InChI is InChI=1S/Ca.Mg.H3O4P.H2O4S.4H/c;;2*1-5(2,3)4;;;;/h;;(H3,1,2,3,4);(H2,1,2,3,4);;;;. The van der Waals surface area contributed by atoms with Crippen molar-refractivity contribution < 1.29 is 36.8 Å². The molecule has 0 aromatic carbocycles. The largest absolute Gasteiger partial charge is 0.316 e. The predicted molar refractivity (Wildman–Crippen MR) is 45.5 cm³/mol. The molecule has 0 unspecified atom stereocenters. The summed E-state index contributed by atoms with van der Waals surface area (Å²) < 4.78 is 40.5. The molecule has 8 nitrogen and oxygen atoms in total. The predicted octanol–water partition coefficient (Wildman–Crippen LogP) is -3.41. The van der Waals surface area contributed by atoms with Crippen LogP contribution in [0.15, 0.2) is 0 Å². The number of rotatable bonds is 0. The third-order valence-electron chi connectivity index (χ3n) is 0. The molecule has 0 saturated carbocycles. The van der Waals surface area contributed by atoms with Crippen LogP contribution in [0, 0.1) is 0 Å². The van der Waals surface area contributed by atoms with Crippen LogP contribution < -0.4 is 0 Å². The van der Waals surface area contributed by atoms with Crippen molar-refractivity contribution in [2.45, 2.75) is 0 Å². The van der Waals surface area contributed by atoms with E-state index in [0.717, 1.165) is 0 Å². The van der Waals surface area contributed by atoms with Crippen LogP contribution in [-0.4, -0.2) is 93.0 Å². The van der Waals surface area contributed by atoms with E-state index in [-0.39, 0.29) is 60.8 Å². The topological polar surface area (TPSA) is 152 Å². The molecule has 0 bridgehead atoms. The van der Waals surface area contributed by atoms with Crippen molar-refractivity contribution in [3.8, 4) is 0 Å². The van der Waals surface area contributed by atoms with Gasteiger partial charge in [0.15, 0.2) is 0 Å². The minimum atomic E-state index is -4.67. The fraction of sp³-hybridized carbons (Fsp3) is 0. The molecule has 0 rings (SSSR count). The molecule has 0 fully saturated rings. The van der Waals surface area contributed by atoms with Crippen LogP contribution >= 0.6 is 7.82 Å². The summed E-state index contributed by atoms with van der Waals surface area (Å²) in [5.74, 6) is 0. The third-order valence-corrected chi connectivity index (χ3v) is 0. The molecule has 0 heterocycles. The van der Waals surface area contributed by atoms with Crippen molar-refractivity contribution in [3.63, 3.8) is 0 Å². The average molecular weight is 264 g/mol. The molecule has 72 valence electrons.